The molecule has 2 aromatic rings. The number of methoxy groups -OCH3 is 1. The summed E-state index contributed by atoms with van der Waals surface area (Å²) < 4.78 is 5.24. The molecule has 1 amide bonds. The fraction of sp³-hybridized carbons (Fsp3) is 0.409. The van der Waals surface area contributed by atoms with Crippen LogP contribution in [0, 0.1) is 13.8 Å². The number of aryl methyl sites for hydroxylation is 2. The van der Waals surface area contributed by atoms with Crippen molar-refractivity contribution in [2.75, 3.05) is 39.2 Å². The highest BCUT2D eigenvalue weighted by atomic mass is 32.2. The number of benzene rings is 2. The number of carbonyl (C=O) groups is 1. The molecule has 0 aromatic heterocycles. The third-order valence-electron chi connectivity index (χ3n) is 5.14. The molecular formula is C22H28N2O3S. The lowest BCUT2D eigenvalue weighted by Crippen LogP contribution is -2.43. The molecule has 3 rings (SSSR count). The molecule has 0 radical (unpaired) electrons. The number of carbonyl (C=O) groups excluding carboxylic acids is 1. The second-order valence-electron chi connectivity index (χ2n) is 7.45. The minimum atomic E-state index is -1.12. The second kappa shape index (κ2) is 8.55. The molecule has 0 saturated heterocycles. The average molecular weight is 401 g/mol. The highest BCUT2D eigenvalue weighted by Gasteiger charge is 2.37. The maximum atomic E-state index is 13.2. The summed E-state index contributed by atoms with van der Waals surface area (Å²) in [5.74, 6) is 0.500. The molecule has 2 aromatic carbocycles. The molecule has 150 valence electrons. The lowest BCUT2D eigenvalue weighted by atomic mass is 10.0. The molecule has 0 aliphatic carbocycles. The Morgan fingerprint density at radius 1 is 1.14 bits per heavy atom. The summed E-state index contributed by atoms with van der Waals surface area (Å²) >= 11 is 1.55. The number of hydrogen-bond donors (Lipinski definition) is 1. The van der Waals surface area contributed by atoms with Gasteiger partial charge in [-0.15, -0.1) is 11.8 Å². The van der Waals surface area contributed by atoms with Gasteiger partial charge in [0.2, 0.25) is 0 Å². The molecule has 5 nitrogen and oxygen atoms in total. The summed E-state index contributed by atoms with van der Waals surface area (Å²) in [6, 6.07) is 11.8. The van der Waals surface area contributed by atoms with E-state index in [1.54, 1.807) is 23.8 Å². The van der Waals surface area contributed by atoms with Gasteiger partial charge in [-0.2, -0.15) is 0 Å². The van der Waals surface area contributed by atoms with Crippen LogP contribution in [-0.4, -0.2) is 56.3 Å². The number of ether oxygens (including phenoxy) is 1. The van der Waals surface area contributed by atoms with Crippen LogP contribution in [0.3, 0.4) is 0 Å². The van der Waals surface area contributed by atoms with Crippen LogP contribution in [0.25, 0.3) is 0 Å². The first kappa shape index (κ1) is 20.7. The minimum Gasteiger partial charge on any atom is -0.497 e. The first-order valence-electron chi connectivity index (χ1n) is 9.38. The Labute approximate surface area is 171 Å². The molecule has 0 saturated carbocycles. The van der Waals surface area contributed by atoms with Crippen molar-refractivity contribution < 1.29 is 14.6 Å². The van der Waals surface area contributed by atoms with Crippen molar-refractivity contribution in [3.05, 3.63) is 53.1 Å². The molecule has 0 unspecified atom stereocenters. The van der Waals surface area contributed by atoms with Gasteiger partial charge in [0.15, 0.2) is 0 Å². The number of hydrogen-bond acceptors (Lipinski definition) is 5. The second-order valence-corrected chi connectivity index (χ2v) is 8.64. The van der Waals surface area contributed by atoms with Gasteiger partial charge in [0.05, 0.1) is 18.0 Å². The van der Waals surface area contributed by atoms with Crippen LogP contribution in [-0.2, 0) is 4.79 Å². The predicted molar refractivity (Wildman–Crippen MR) is 114 cm³/mol. The van der Waals surface area contributed by atoms with Crippen LogP contribution in [0.1, 0.15) is 21.9 Å². The number of aliphatic hydroxyl groups is 1. The van der Waals surface area contributed by atoms with E-state index in [1.807, 2.05) is 43.3 Å². The fourth-order valence-electron chi connectivity index (χ4n) is 3.26. The van der Waals surface area contributed by atoms with E-state index in [9.17, 15) is 9.90 Å². The molecule has 0 spiro atoms. The van der Waals surface area contributed by atoms with Crippen molar-refractivity contribution >= 4 is 23.4 Å². The Kier molecular flexibility index (Phi) is 6.33. The maximum Gasteiger partial charge on any atom is 0.257 e. The number of rotatable bonds is 5. The smallest absolute Gasteiger partial charge is 0.257 e. The van der Waals surface area contributed by atoms with E-state index in [1.165, 1.54) is 5.56 Å². The first-order chi connectivity index (χ1) is 13.3. The fourth-order valence-corrected chi connectivity index (χ4v) is 4.61. The van der Waals surface area contributed by atoms with Gasteiger partial charge < -0.3 is 19.6 Å². The summed E-state index contributed by atoms with van der Waals surface area (Å²) in [6.07, 6.45) is -1.12. The summed E-state index contributed by atoms with van der Waals surface area (Å²) in [5, 5.41) is 10.6. The van der Waals surface area contributed by atoms with E-state index in [0.29, 0.717) is 6.54 Å². The molecule has 1 N–H and O–H groups in total. The summed E-state index contributed by atoms with van der Waals surface area (Å²) in [7, 11) is 5.58. The van der Waals surface area contributed by atoms with Gasteiger partial charge in [0.25, 0.3) is 5.91 Å². The third kappa shape index (κ3) is 4.19. The molecule has 1 heterocycles. The van der Waals surface area contributed by atoms with Crippen molar-refractivity contribution in [2.45, 2.75) is 30.1 Å². The molecule has 28 heavy (non-hydrogen) atoms. The quantitative estimate of drug-likeness (QED) is 0.834. The Hall–Kier alpha value is -2.02. The molecule has 0 bridgehead atoms. The van der Waals surface area contributed by atoms with Crippen LogP contribution >= 0.6 is 11.8 Å². The van der Waals surface area contributed by atoms with Crippen LogP contribution in [0.4, 0.5) is 5.69 Å². The van der Waals surface area contributed by atoms with Gasteiger partial charge in [0, 0.05) is 18.0 Å². The summed E-state index contributed by atoms with van der Waals surface area (Å²) in [6.45, 7) is 5.39. The van der Waals surface area contributed by atoms with Gasteiger partial charge in [-0.05, 0) is 68.9 Å². The number of aliphatic hydroxyl groups excluding tert-OH is 1. The normalized spacial score (nSPS) is 19.5. The number of fused-ring (bicyclic) bond motifs is 1. The SMILES string of the molecule is COc1ccc([C@H]2Sc3cc(C)c(C)cc3N(CCN(C)C)C(=O)[C@H]2O)cc1. The van der Waals surface area contributed by atoms with Crippen molar-refractivity contribution in [3.63, 3.8) is 0 Å². The maximum absolute atomic E-state index is 13.2. The van der Waals surface area contributed by atoms with Crippen molar-refractivity contribution in [1.82, 2.24) is 4.90 Å². The summed E-state index contributed by atoms with van der Waals surface area (Å²) in [4.78, 5) is 18.0. The monoisotopic (exact) mass is 400 g/mol. The van der Waals surface area contributed by atoms with E-state index in [4.69, 9.17) is 4.74 Å². The minimum absolute atomic E-state index is 0.253. The molecule has 0 fully saturated rings. The van der Waals surface area contributed by atoms with E-state index in [2.05, 4.69) is 26.0 Å². The Bertz CT molecular complexity index is 852. The van der Waals surface area contributed by atoms with Crippen molar-refractivity contribution in [2.24, 2.45) is 0 Å². The Balaban J connectivity index is 2.05. The Morgan fingerprint density at radius 2 is 1.79 bits per heavy atom. The highest BCUT2D eigenvalue weighted by molar-refractivity contribution is 7.99. The number of anilines is 1. The third-order valence-corrected chi connectivity index (χ3v) is 6.51. The van der Waals surface area contributed by atoms with Crippen molar-refractivity contribution in [1.29, 1.82) is 0 Å². The van der Waals surface area contributed by atoms with Crippen LogP contribution in [0.15, 0.2) is 41.3 Å². The largest absolute Gasteiger partial charge is 0.497 e. The van der Waals surface area contributed by atoms with Crippen LogP contribution in [0.5, 0.6) is 5.75 Å². The molecule has 1 aliphatic heterocycles. The number of thioether (sulfide) groups is 1. The van der Waals surface area contributed by atoms with Gasteiger partial charge in [-0.25, -0.2) is 0 Å². The molecular weight excluding hydrogens is 372 g/mol. The molecule has 6 heteroatoms. The van der Waals surface area contributed by atoms with E-state index < -0.39 is 6.10 Å². The average Bonchev–Trinajstić information content (AvgIpc) is 2.77. The van der Waals surface area contributed by atoms with E-state index in [0.717, 1.165) is 34.0 Å². The highest BCUT2D eigenvalue weighted by Crippen LogP contribution is 2.46. The van der Waals surface area contributed by atoms with Crippen LogP contribution in [0.2, 0.25) is 0 Å². The number of nitrogens with zero attached hydrogens (tertiary/aromatic N) is 2. The van der Waals surface area contributed by atoms with E-state index in [-0.39, 0.29) is 11.2 Å². The van der Waals surface area contributed by atoms with Gasteiger partial charge in [-0.1, -0.05) is 12.1 Å². The zero-order valence-corrected chi connectivity index (χ0v) is 17.9. The number of amides is 1. The topological polar surface area (TPSA) is 53.0 Å². The van der Waals surface area contributed by atoms with Crippen LogP contribution < -0.4 is 9.64 Å². The lowest BCUT2D eigenvalue weighted by molar-refractivity contribution is -0.126. The zero-order valence-electron chi connectivity index (χ0n) is 17.1. The summed E-state index contributed by atoms with van der Waals surface area (Å²) in [5.41, 5.74) is 4.11. The van der Waals surface area contributed by atoms with Gasteiger partial charge >= 0.3 is 0 Å². The van der Waals surface area contributed by atoms with E-state index >= 15 is 0 Å². The van der Waals surface area contributed by atoms with Gasteiger partial charge in [-0.3, -0.25) is 4.79 Å². The molecule has 2 atom stereocenters. The first-order valence-corrected chi connectivity index (χ1v) is 10.3. The Morgan fingerprint density at radius 3 is 2.39 bits per heavy atom. The lowest BCUT2D eigenvalue weighted by Gasteiger charge is -2.26. The standard InChI is InChI=1S/C22H28N2O3S/c1-14-12-18-19(13-15(14)2)28-21(16-6-8-17(27-5)9-7-16)20(25)22(26)24(18)11-10-23(3)4/h6-9,12-13,20-21,25H,10-11H2,1-5H3/t20-,21+/m0/s1. The predicted octanol–water partition coefficient (Wildman–Crippen LogP) is 3.41. The zero-order chi connectivity index (χ0) is 20.4. The molecule has 1 aliphatic rings. The van der Waals surface area contributed by atoms with Gasteiger partial charge in [0.1, 0.15) is 11.9 Å². The van der Waals surface area contributed by atoms with Crippen molar-refractivity contribution in [3.8, 4) is 5.75 Å². The number of likely N-dealkylation sites (N-methyl/N-ethyl adjacent to an activating group) is 1.